The fraction of sp³-hybridized carbons (Fsp3) is 0.286. The number of hydrogen-bond donors (Lipinski definition) is 0. The number of anilines is 2. The molecule has 0 radical (unpaired) electrons. The van der Waals surface area contributed by atoms with Crippen LogP contribution in [0, 0.1) is 11.6 Å². The molecule has 0 fully saturated rings. The molecule has 4 rings (SSSR count). The lowest BCUT2D eigenvalue weighted by atomic mass is 10.00. The number of nitrogens with zero attached hydrogens (tertiary/aromatic N) is 3. The number of aldehydes is 1. The monoisotopic (exact) mass is 399 g/mol. The number of benzene rings is 2. The molecule has 8 heteroatoms. The quantitative estimate of drug-likeness (QED) is 0.580. The summed E-state index contributed by atoms with van der Waals surface area (Å²) in [5.41, 5.74) is 2.02. The van der Waals surface area contributed by atoms with Crippen molar-refractivity contribution in [3.8, 4) is 17.2 Å². The number of ether oxygens (including phenoxy) is 1. The molecule has 2 heterocycles. The van der Waals surface area contributed by atoms with Crippen molar-refractivity contribution in [2.24, 2.45) is 0 Å². The van der Waals surface area contributed by atoms with Crippen LogP contribution in [0.1, 0.15) is 36.2 Å². The van der Waals surface area contributed by atoms with Gasteiger partial charge in [0.15, 0.2) is 0 Å². The zero-order valence-electron chi connectivity index (χ0n) is 16.0. The van der Waals surface area contributed by atoms with E-state index in [4.69, 9.17) is 9.26 Å². The summed E-state index contributed by atoms with van der Waals surface area (Å²) < 4.78 is 39.6. The molecule has 0 saturated carbocycles. The van der Waals surface area contributed by atoms with Crippen molar-refractivity contribution in [2.75, 3.05) is 11.4 Å². The first kappa shape index (κ1) is 19.0. The average Bonchev–Trinajstić information content (AvgIpc) is 3.15. The molecule has 0 unspecified atom stereocenters. The first-order valence-electron chi connectivity index (χ1n) is 9.31. The van der Waals surface area contributed by atoms with Crippen LogP contribution in [0.5, 0.6) is 5.75 Å². The summed E-state index contributed by atoms with van der Waals surface area (Å²) in [4.78, 5) is 17.0. The Morgan fingerprint density at radius 3 is 2.66 bits per heavy atom. The van der Waals surface area contributed by atoms with Crippen LogP contribution in [-0.2, 0) is 6.42 Å². The highest BCUT2D eigenvalue weighted by molar-refractivity contribution is 5.78. The maximum atomic E-state index is 14.5. The molecule has 0 spiro atoms. The largest absolute Gasteiger partial charge is 0.491 e. The molecule has 0 bridgehead atoms. The van der Waals surface area contributed by atoms with Crippen LogP contribution in [0.2, 0.25) is 0 Å². The van der Waals surface area contributed by atoms with Crippen LogP contribution in [0.4, 0.5) is 20.4 Å². The second kappa shape index (κ2) is 7.62. The van der Waals surface area contributed by atoms with Gasteiger partial charge in [-0.15, -0.1) is 0 Å². The first-order valence-corrected chi connectivity index (χ1v) is 9.31. The second-order valence-corrected chi connectivity index (χ2v) is 7.09. The van der Waals surface area contributed by atoms with Gasteiger partial charge in [0.1, 0.15) is 29.2 Å². The van der Waals surface area contributed by atoms with Gasteiger partial charge < -0.3 is 14.2 Å². The minimum atomic E-state index is -0.842. The Balaban J connectivity index is 1.68. The maximum absolute atomic E-state index is 14.5. The molecule has 0 saturated heterocycles. The number of carbonyl (C=O) groups excluding carboxylic acids is 1. The Kier molecular flexibility index (Phi) is 5.00. The standard InChI is InChI=1S/C21H19F2N3O3/c1-12(2)28-15-9-16(22)19(17(23)10-15)20-24-21(25-29-20)26-7-3-4-14-8-13(11-27)5-6-18(14)26/h5-6,8-12H,3-4,7H2,1-2H3. The maximum Gasteiger partial charge on any atom is 0.270 e. The Morgan fingerprint density at radius 2 is 1.97 bits per heavy atom. The number of aromatic nitrogens is 2. The molecule has 0 atom stereocenters. The van der Waals surface area contributed by atoms with Crippen molar-refractivity contribution in [1.82, 2.24) is 10.1 Å². The Labute approximate surface area is 166 Å². The molecule has 3 aromatic rings. The molecule has 1 aliphatic rings. The molecular weight excluding hydrogens is 380 g/mol. The molecule has 150 valence electrons. The van der Waals surface area contributed by atoms with E-state index in [2.05, 4.69) is 10.1 Å². The number of hydrogen-bond acceptors (Lipinski definition) is 6. The summed E-state index contributed by atoms with van der Waals surface area (Å²) in [5.74, 6) is -1.63. The summed E-state index contributed by atoms with van der Waals surface area (Å²) in [6.07, 6.45) is 2.22. The highest BCUT2D eigenvalue weighted by atomic mass is 19.1. The lowest BCUT2D eigenvalue weighted by Crippen LogP contribution is -2.25. The smallest absolute Gasteiger partial charge is 0.270 e. The van der Waals surface area contributed by atoms with Gasteiger partial charge in [0.2, 0.25) is 0 Å². The summed E-state index contributed by atoms with van der Waals surface area (Å²) in [6, 6.07) is 7.53. The fourth-order valence-corrected chi connectivity index (χ4v) is 3.42. The Bertz CT molecular complexity index is 1040. The van der Waals surface area contributed by atoms with Gasteiger partial charge in [0, 0.05) is 29.9 Å². The number of halogens is 2. The summed E-state index contributed by atoms with van der Waals surface area (Å²) in [7, 11) is 0. The van der Waals surface area contributed by atoms with Gasteiger partial charge in [0.25, 0.3) is 11.8 Å². The van der Waals surface area contributed by atoms with E-state index in [0.717, 1.165) is 42.5 Å². The second-order valence-electron chi connectivity index (χ2n) is 7.09. The van der Waals surface area contributed by atoms with Gasteiger partial charge in [0.05, 0.1) is 6.10 Å². The van der Waals surface area contributed by atoms with Crippen LogP contribution >= 0.6 is 0 Å². The van der Waals surface area contributed by atoms with Crippen molar-refractivity contribution in [3.63, 3.8) is 0 Å². The fourth-order valence-electron chi connectivity index (χ4n) is 3.42. The van der Waals surface area contributed by atoms with E-state index in [1.807, 2.05) is 17.0 Å². The minimum Gasteiger partial charge on any atom is -0.491 e. The lowest BCUT2D eigenvalue weighted by Gasteiger charge is -2.28. The van der Waals surface area contributed by atoms with Crippen molar-refractivity contribution >= 4 is 17.9 Å². The Morgan fingerprint density at radius 1 is 1.21 bits per heavy atom. The zero-order valence-corrected chi connectivity index (χ0v) is 16.0. The van der Waals surface area contributed by atoms with Gasteiger partial charge in [-0.05, 0) is 55.6 Å². The highest BCUT2D eigenvalue weighted by Crippen LogP contribution is 2.35. The van der Waals surface area contributed by atoms with E-state index < -0.39 is 17.2 Å². The minimum absolute atomic E-state index is 0.0921. The molecule has 29 heavy (non-hydrogen) atoms. The average molecular weight is 399 g/mol. The van der Waals surface area contributed by atoms with Crippen LogP contribution in [0.15, 0.2) is 34.9 Å². The third-order valence-electron chi connectivity index (χ3n) is 4.62. The molecule has 1 aliphatic heterocycles. The number of fused-ring (bicyclic) bond motifs is 1. The normalized spacial score (nSPS) is 13.5. The molecule has 0 N–H and O–H groups in total. The zero-order chi connectivity index (χ0) is 20.5. The van der Waals surface area contributed by atoms with Crippen LogP contribution in [-0.4, -0.2) is 29.1 Å². The van der Waals surface area contributed by atoms with Crippen molar-refractivity contribution in [1.29, 1.82) is 0 Å². The van der Waals surface area contributed by atoms with Crippen LogP contribution < -0.4 is 9.64 Å². The summed E-state index contributed by atoms with van der Waals surface area (Å²) >= 11 is 0. The summed E-state index contributed by atoms with van der Waals surface area (Å²) in [5, 5.41) is 3.92. The number of aryl methyl sites for hydroxylation is 1. The third kappa shape index (κ3) is 3.70. The topological polar surface area (TPSA) is 68.5 Å². The van der Waals surface area contributed by atoms with E-state index in [0.29, 0.717) is 12.1 Å². The molecule has 2 aromatic carbocycles. The highest BCUT2D eigenvalue weighted by Gasteiger charge is 2.25. The predicted molar refractivity (Wildman–Crippen MR) is 103 cm³/mol. The number of rotatable bonds is 5. The third-order valence-corrected chi connectivity index (χ3v) is 4.62. The Hall–Kier alpha value is -3.29. The predicted octanol–water partition coefficient (Wildman–Crippen LogP) is 4.70. The van der Waals surface area contributed by atoms with Gasteiger partial charge in [-0.1, -0.05) is 0 Å². The van der Waals surface area contributed by atoms with Crippen molar-refractivity contribution < 1.29 is 22.8 Å². The SMILES string of the molecule is CC(C)Oc1cc(F)c(-c2nc(N3CCCc4cc(C=O)ccc43)no2)c(F)c1. The summed E-state index contributed by atoms with van der Waals surface area (Å²) in [6.45, 7) is 4.16. The van der Waals surface area contributed by atoms with E-state index in [9.17, 15) is 13.6 Å². The van der Waals surface area contributed by atoms with Gasteiger partial charge in [-0.2, -0.15) is 4.98 Å². The van der Waals surface area contributed by atoms with Gasteiger partial charge in [-0.3, -0.25) is 4.79 Å². The molecule has 0 aliphatic carbocycles. The van der Waals surface area contributed by atoms with E-state index in [1.54, 1.807) is 19.9 Å². The lowest BCUT2D eigenvalue weighted by molar-refractivity contribution is 0.112. The van der Waals surface area contributed by atoms with Gasteiger partial charge in [-0.25, -0.2) is 8.78 Å². The molecule has 0 amide bonds. The van der Waals surface area contributed by atoms with Crippen LogP contribution in [0.3, 0.4) is 0 Å². The van der Waals surface area contributed by atoms with E-state index in [-0.39, 0.29) is 23.7 Å². The number of carbonyl (C=O) groups is 1. The molecular formula is C21H19F2N3O3. The molecule has 6 nitrogen and oxygen atoms in total. The molecule has 1 aromatic heterocycles. The van der Waals surface area contributed by atoms with E-state index >= 15 is 0 Å². The van der Waals surface area contributed by atoms with Crippen molar-refractivity contribution in [2.45, 2.75) is 32.8 Å². The van der Waals surface area contributed by atoms with Crippen molar-refractivity contribution in [3.05, 3.63) is 53.1 Å². The van der Waals surface area contributed by atoms with E-state index in [1.165, 1.54) is 0 Å². The van der Waals surface area contributed by atoms with Crippen LogP contribution in [0.25, 0.3) is 11.5 Å². The first-order chi connectivity index (χ1) is 14.0. The van der Waals surface area contributed by atoms with Gasteiger partial charge >= 0.3 is 0 Å².